The highest BCUT2D eigenvalue weighted by molar-refractivity contribution is 5.64. The van der Waals surface area contributed by atoms with E-state index in [9.17, 15) is 14.0 Å². The molecule has 0 fully saturated rings. The number of hydrogen-bond acceptors (Lipinski definition) is 3. The van der Waals surface area contributed by atoms with E-state index in [0.717, 1.165) is 11.8 Å². The Morgan fingerprint density at radius 1 is 1.57 bits per heavy atom. The van der Waals surface area contributed by atoms with Gasteiger partial charge in [-0.3, -0.25) is 0 Å². The smallest absolute Gasteiger partial charge is 0.404 e. The molecule has 1 aromatic carbocycles. The van der Waals surface area contributed by atoms with Crippen molar-refractivity contribution in [2.75, 3.05) is 6.61 Å². The first-order valence-electron chi connectivity index (χ1n) is 6.86. The molecule has 0 heterocycles. The van der Waals surface area contributed by atoms with Gasteiger partial charge in [-0.1, -0.05) is 0 Å². The average molecular weight is 295 g/mol. The highest BCUT2D eigenvalue weighted by Gasteiger charge is 2.25. The summed E-state index contributed by atoms with van der Waals surface area (Å²) < 4.78 is 19.5. The summed E-state index contributed by atoms with van der Waals surface area (Å²) >= 11 is 0. The number of carboxylic acid groups (broad SMARTS) is 1. The zero-order valence-corrected chi connectivity index (χ0v) is 11.8. The van der Waals surface area contributed by atoms with Crippen molar-refractivity contribution in [1.82, 2.24) is 5.32 Å². The molecule has 2 rings (SSSR count). The minimum atomic E-state index is -1.12. The van der Waals surface area contributed by atoms with Gasteiger partial charge in [0.2, 0.25) is 0 Å². The van der Waals surface area contributed by atoms with Crippen molar-refractivity contribution in [1.29, 1.82) is 0 Å². The highest BCUT2D eigenvalue weighted by Crippen LogP contribution is 2.33. The van der Waals surface area contributed by atoms with E-state index < -0.39 is 6.09 Å². The van der Waals surface area contributed by atoms with Crippen LogP contribution in [0.4, 0.5) is 9.18 Å². The van der Waals surface area contributed by atoms with Crippen LogP contribution in [-0.4, -0.2) is 30.1 Å². The number of carbonyl (C=O) groups excluding carboxylic acids is 1. The number of aldehydes is 1. The van der Waals surface area contributed by atoms with Crippen LogP contribution >= 0.6 is 0 Å². The van der Waals surface area contributed by atoms with Gasteiger partial charge < -0.3 is 20.0 Å². The topological polar surface area (TPSA) is 75.6 Å². The molecule has 2 N–H and O–H groups in total. The first kappa shape index (κ1) is 15.3. The van der Waals surface area contributed by atoms with Crippen LogP contribution in [0.3, 0.4) is 0 Å². The number of nitrogens with one attached hydrogen (secondary N) is 1. The average Bonchev–Trinajstić information content (AvgIpc) is 2.79. The molecule has 1 aliphatic rings. The lowest BCUT2D eigenvalue weighted by molar-refractivity contribution is -0.108. The van der Waals surface area contributed by atoms with E-state index in [1.807, 2.05) is 0 Å². The van der Waals surface area contributed by atoms with Gasteiger partial charge in [-0.15, -0.1) is 0 Å². The number of carbonyl (C=O) groups is 2. The van der Waals surface area contributed by atoms with Crippen molar-refractivity contribution in [3.8, 4) is 5.75 Å². The predicted octanol–water partition coefficient (Wildman–Crippen LogP) is 2.16. The number of ether oxygens (including phenoxy) is 1. The van der Waals surface area contributed by atoms with Crippen LogP contribution in [0.15, 0.2) is 12.1 Å². The summed E-state index contributed by atoms with van der Waals surface area (Å²) in [7, 11) is 0. The fraction of sp³-hybridized carbons (Fsp3) is 0.467. The van der Waals surface area contributed by atoms with E-state index in [4.69, 9.17) is 9.84 Å². The molecular formula is C15H18FNO4. The molecule has 21 heavy (non-hydrogen) atoms. The Hall–Kier alpha value is -2.11. The molecular weight excluding hydrogens is 277 g/mol. The largest absolute Gasteiger partial charge is 0.491 e. The summed E-state index contributed by atoms with van der Waals surface area (Å²) in [6.07, 6.45) is 1.43. The molecule has 0 saturated carbocycles. The maximum atomic E-state index is 14.0. The van der Waals surface area contributed by atoms with Gasteiger partial charge in [0.1, 0.15) is 24.5 Å². The lowest BCUT2D eigenvalue weighted by Crippen LogP contribution is -2.35. The quantitative estimate of drug-likeness (QED) is 0.789. The van der Waals surface area contributed by atoms with Gasteiger partial charge in [0, 0.05) is 12.5 Å². The molecule has 1 amide bonds. The molecule has 2 unspecified atom stereocenters. The second-order valence-electron chi connectivity index (χ2n) is 5.38. The summed E-state index contributed by atoms with van der Waals surface area (Å²) in [6.45, 7) is 1.79. The Bertz CT molecular complexity index is 547. The second kappa shape index (κ2) is 6.56. The van der Waals surface area contributed by atoms with Crippen LogP contribution in [0.1, 0.15) is 24.5 Å². The SMILES string of the molecule is CC(COc1cc(F)c2c(c1)CC(CC=O)C2)NC(=O)O. The Morgan fingerprint density at radius 2 is 2.33 bits per heavy atom. The van der Waals surface area contributed by atoms with E-state index in [1.54, 1.807) is 13.0 Å². The minimum Gasteiger partial charge on any atom is -0.491 e. The zero-order chi connectivity index (χ0) is 15.4. The number of hydrogen-bond donors (Lipinski definition) is 2. The number of amides is 1. The van der Waals surface area contributed by atoms with Crippen molar-refractivity contribution < 1.29 is 23.8 Å². The summed E-state index contributed by atoms with van der Waals surface area (Å²) in [5.41, 5.74) is 1.53. The highest BCUT2D eigenvalue weighted by atomic mass is 19.1. The van der Waals surface area contributed by atoms with E-state index in [0.29, 0.717) is 30.6 Å². The molecule has 114 valence electrons. The van der Waals surface area contributed by atoms with Crippen molar-refractivity contribution in [2.45, 2.75) is 32.2 Å². The number of fused-ring (bicyclic) bond motifs is 1. The normalized spacial score (nSPS) is 17.9. The van der Waals surface area contributed by atoms with E-state index in [-0.39, 0.29) is 24.4 Å². The first-order valence-corrected chi connectivity index (χ1v) is 6.86. The summed E-state index contributed by atoms with van der Waals surface area (Å²) in [5, 5.41) is 10.8. The molecule has 0 aliphatic heterocycles. The van der Waals surface area contributed by atoms with Crippen molar-refractivity contribution in [3.63, 3.8) is 0 Å². The number of halogens is 1. The van der Waals surface area contributed by atoms with Crippen LogP contribution in [-0.2, 0) is 17.6 Å². The monoisotopic (exact) mass is 295 g/mol. The molecule has 0 aromatic heterocycles. The fourth-order valence-electron chi connectivity index (χ4n) is 2.61. The molecule has 0 saturated heterocycles. The van der Waals surface area contributed by atoms with Gasteiger partial charge in [-0.05, 0) is 42.9 Å². The molecule has 2 atom stereocenters. The van der Waals surface area contributed by atoms with Crippen molar-refractivity contribution in [2.24, 2.45) is 5.92 Å². The molecule has 0 bridgehead atoms. The maximum Gasteiger partial charge on any atom is 0.404 e. The summed E-state index contributed by atoms with van der Waals surface area (Å²) in [6, 6.07) is 2.70. The Balaban J connectivity index is 2.01. The number of benzene rings is 1. The molecule has 1 aliphatic carbocycles. The van der Waals surface area contributed by atoms with E-state index in [1.165, 1.54) is 6.07 Å². The van der Waals surface area contributed by atoms with Crippen LogP contribution < -0.4 is 10.1 Å². The standard InChI is InChI=1S/C15H18FNO4/c1-9(17-15(19)20)8-21-12-6-11-4-10(2-3-18)5-13(11)14(16)7-12/h3,6-7,9-10,17H,2,4-5,8H2,1H3,(H,19,20). The fourth-order valence-corrected chi connectivity index (χ4v) is 2.61. The molecule has 0 radical (unpaired) electrons. The molecule has 6 heteroatoms. The molecule has 5 nitrogen and oxygen atoms in total. The van der Waals surface area contributed by atoms with Gasteiger partial charge in [0.05, 0.1) is 6.04 Å². The van der Waals surface area contributed by atoms with Gasteiger partial charge in [-0.25, -0.2) is 9.18 Å². The van der Waals surface area contributed by atoms with Gasteiger partial charge in [0.25, 0.3) is 0 Å². The van der Waals surface area contributed by atoms with Gasteiger partial charge >= 0.3 is 6.09 Å². The van der Waals surface area contributed by atoms with E-state index in [2.05, 4.69) is 5.32 Å². The Labute approximate surface area is 122 Å². The van der Waals surface area contributed by atoms with Crippen LogP contribution in [0, 0.1) is 11.7 Å². The summed E-state index contributed by atoms with van der Waals surface area (Å²) in [4.78, 5) is 21.0. The first-order chi connectivity index (χ1) is 9.99. The van der Waals surface area contributed by atoms with Crippen molar-refractivity contribution in [3.05, 3.63) is 29.1 Å². The Kier molecular flexibility index (Phi) is 4.77. The number of rotatable bonds is 6. The molecule has 1 aromatic rings. The predicted molar refractivity (Wildman–Crippen MR) is 74.1 cm³/mol. The Morgan fingerprint density at radius 3 is 3.00 bits per heavy atom. The van der Waals surface area contributed by atoms with Crippen molar-refractivity contribution >= 4 is 12.4 Å². The third-order valence-corrected chi connectivity index (χ3v) is 3.56. The lowest BCUT2D eigenvalue weighted by atomic mass is 10.0. The zero-order valence-electron chi connectivity index (χ0n) is 11.8. The van der Waals surface area contributed by atoms with E-state index >= 15 is 0 Å². The maximum absolute atomic E-state index is 14.0. The van der Waals surface area contributed by atoms with Crippen LogP contribution in [0.25, 0.3) is 0 Å². The van der Waals surface area contributed by atoms with Crippen LogP contribution in [0.2, 0.25) is 0 Å². The second-order valence-corrected chi connectivity index (χ2v) is 5.38. The van der Waals surface area contributed by atoms with Gasteiger partial charge in [0.15, 0.2) is 0 Å². The summed E-state index contributed by atoms with van der Waals surface area (Å²) in [5.74, 6) is 0.224. The van der Waals surface area contributed by atoms with Gasteiger partial charge in [-0.2, -0.15) is 0 Å². The third-order valence-electron chi connectivity index (χ3n) is 3.56. The minimum absolute atomic E-state index is 0.127. The lowest BCUT2D eigenvalue weighted by Gasteiger charge is -2.14. The van der Waals surface area contributed by atoms with Crippen LogP contribution in [0.5, 0.6) is 5.75 Å². The third kappa shape index (κ3) is 3.93. The molecule has 0 spiro atoms.